The van der Waals surface area contributed by atoms with E-state index >= 15 is 0 Å². The lowest BCUT2D eigenvalue weighted by atomic mass is 10.2. The van der Waals surface area contributed by atoms with Crippen LogP contribution >= 0.6 is 0 Å². The summed E-state index contributed by atoms with van der Waals surface area (Å²) in [5, 5.41) is 0. The van der Waals surface area contributed by atoms with Crippen LogP contribution < -0.4 is 5.73 Å². The number of nitrogens with zero attached hydrogens (tertiary/aromatic N) is 2. The van der Waals surface area contributed by atoms with Gasteiger partial charge in [-0.15, -0.1) is 0 Å². The van der Waals surface area contributed by atoms with E-state index in [9.17, 15) is 0 Å². The smallest absolute Gasteiger partial charge is 0.0589 e. The first kappa shape index (κ1) is 15.0. The highest BCUT2D eigenvalue weighted by molar-refractivity contribution is 5.13. The van der Waals surface area contributed by atoms with Gasteiger partial charge in [-0.3, -0.25) is 9.88 Å². The molecule has 1 heterocycles. The maximum Gasteiger partial charge on any atom is 0.0589 e. The third-order valence-electron chi connectivity index (χ3n) is 2.73. The Labute approximate surface area is 109 Å². The lowest BCUT2D eigenvalue weighted by Gasteiger charge is -2.21. The Morgan fingerprint density at radius 3 is 2.28 bits per heavy atom. The predicted molar refractivity (Wildman–Crippen MR) is 71.2 cm³/mol. The van der Waals surface area contributed by atoms with Gasteiger partial charge < -0.3 is 15.2 Å². The minimum atomic E-state index is 0.532. The van der Waals surface area contributed by atoms with E-state index in [1.54, 1.807) is 14.2 Å². The summed E-state index contributed by atoms with van der Waals surface area (Å²) in [4.78, 5) is 6.66. The van der Waals surface area contributed by atoms with Crippen LogP contribution in [0.2, 0.25) is 0 Å². The molecule has 0 bridgehead atoms. The van der Waals surface area contributed by atoms with E-state index in [1.165, 1.54) is 0 Å². The molecule has 5 nitrogen and oxygen atoms in total. The van der Waals surface area contributed by atoms with Crippen molar-refractivity contribution in [3.8, 4) is 0 Å². The molecule has 102 valence electrons. The first-order valence-corrected chi connectivity index (χ1v) is 6.14. The fourth-order valence-corrected chi connectivity index (χ4v) is 1.61. The summed E-state index contributed by atoms with van der Waals surface area (Å²) in [5.41, 5.74) is 7.64. The molecule has 18 heavy (non-hydrogen) atoms. The molecule has 0 spiro atoms. The van der Waals surface area contributed by atoms with Crippen molar-refractivity contribution in [2.45, 2.75) is 13.1 Å². The van der Waals surface area contributed by atoms with Crippen LogP contribution in [-0.4, -0.2) is 50.4 Å². The molecule has 2 N–H and O–H groups in total. The van der Waals surface area contributed by atoms with E-state index in [2.05, 4.69) is 9.88 Å². The van der Waals surface area contributed by atoms with Crippen molar-refractivity contribution in [2.24, 2.45) is 5.73 Å². The zero-order valence-electron chi connectivity index (χ0n) is 11.3. The predicted octanol–water partition coefficient (Wildman–Crippen LogP) is 0.635. The Kier molecular flexibility index (Phi) is 7.52. The van der Waals surface area contributed by atoms with E-state index < -0.39 is 0 Å². The Hall–Kier alpha value is -1.01. The van der Waals surface area contributed by atoms with Gasteiger partial charge in [0.25, 0.3) is 0 Å². The van der Waals surface area contributed by atoms with E-state index in [-0.39, 0.29) is 0 Å². The number of aromatic nitrogens is 1. The summed E-state index contributed by atoms with van der Waals surface area (Å²) in [6.45, 7) is 4.51. The van der Waals surface area contributed by atoms with E-state index in [0.29, 0.717) is 19.8 Å². The lowest BCUT2D eigenvalue weighted by Crippen LogP contribution is -2.30. The molecule has 1 rings (SSSR count). The largest absolute Gasteiger partial charge is 0.383 e. The molecule has 0 aliphatic rings. The van der Waals surface area contributed by atoms with Crippen molar-refractivity contribution in [2.75, 3.05) is 40.5 Å². The zero-order chi connectivity index (χ0) is 13.2. The van der Waals surface area contributed by atoms with Crippen LogP contribution in [0, 0.1) is 0 Å². The Bertz CT molecular complexity index is 309. The Morgan fingerprint density at radius 1 is 1.17 bits per heavy atom. The molecule has 0 fully saturated rings. The van der Waals surface area contributed by atoms with Crippen molar-refractivity contribution in [1.82, 2.24) is 9.88 Å². The highest BCUT2D eigenvalue weighted by atomic mass is 16.5. The molecule has 1 aromatic heterocycles. The van der Waals surface area contributed by atoms with Crippen LogP contribution in [0.15, 0.2) is 18.3 Å². The Balaban J connectivity index is 2.51. The van der Waals surface area contributed by atoms with Gasteiger partial charge in [0.1, 0.15) is 0 Å². The van der Waals surface area contributed by atoms with Gasteiger partial charge in [-0.2, -0.15) is 0 Å². The maximum absolute atomic E-state index is 5.55. The molecule has 0 radical (unpaired) electrons. The molecular formula is C13H23N3O2. The zero-order valence-corrected chi connectivity index (χ0v) is 11.3. The minimum Gasteiger partial charge on any atom is -0.383 e. The van der Waals surface area contributed by atoms with Crippen molar-refractivity contribution >= 4 is 0 Å². The van der Waals surface area contributed by atoms with Gasteiger partial charge in [-0.05, 0) is 11.6 Å². The maximum atomic E-state index is 5.55. The van der Waals surface area contributed by atoms with Crippen LogP contribution in [0.1, 0.15) is 11.3 Å². The SMILES string of the molecule is COCCN(CCOC)Cc1ccc(CN)cn1. The number of methoxy groups -OCH3 is 2. The second-order valence-electron chi connectivity index (χ2n) is 4.12. The molecule has 5 heteroatoms. The topological polar surface area (TPSA) is 60.6 Å². The quantitative estimate of drug-likeness (QED) is 0.699. The summed E-state index contributed by atoms with van der Waals surface area (Å²) in [5.74, 6) is 0. The van der Waals surface area contributed by atoms with Gasteiger partial charge in [0.2, 0.25) is 0 Å². The molecule has 0 aliphatic heterocycles. The molecule has 1 aromatic rings. The van der Waals surface area contributed by atoms with E-state index in [1.807, 2.05) is 18.3 Å². The first-order chi connectivity index (χ1) is 8.80. The third kappa shape index (κ3) is 5.55. The van der Waals surface area contributed by atoms with E-state index in [0.717, 1.165) is 30.9 Å². The summed E-state index contributed by atoms with van der Waals surface area (Å²) >= 11 is 0. The Morgan fingerprint density at radius 2 is 1.83 bits per heavy atom. The number of pyridine rings is 1. The minimum absolute atomic E-state index is 0.532. The summed E-state index contributed by atoms with van der Waals surface area (Å²) in [7, 11) is 3.42. The molecule has 0 aliphatic carbocycles. The number of ether oxygens (including phenoxy) is 2. The molecule has 0 unspecified atom stereocenters. The van der Waals surface area contributed by atoms with Crippen LogP contribution in [0.3, 0.4) is 0 Å². The second kappa shape index (κ2) is 8.99. The average molecular weight is 253 g/mol. The third-order valence-corrected chi connectivity index (χ3v) is 2.73. The van der Waals surface area contributed by atoms with E-state index in [4.69, 9.17) is 15.2 Å². The van der Waals surface area contributed by atoms with Crippen molar-refractivity contribution in [1.29, 1.82) is 0 Å². The standard InChI is InChI=1S/C13H23N3O2/c1-17-7-5-16(6-8-18-2)11-13-4-3-12(9-14)10-15-13/h3-4,10H,5-9,11,14H2,1-2H3. The van der Waals surface area contributed by atoms with Crippen LogP contribution in [0.4, 0.5) is 0 Å². The van der Waals surface area contributed by atoms with Crippen molar-refractivity contribution in [3.63, 3.8) is 0 Å². The van der Waals surface area contributed by atoms with Crippen molar-refractivity contribution in [3.05, 3.63) is 29.6 Å². The van der Waals surface area contributed by atoms with Gasteiger partial charge in [-0.25, -0.2) is 0 Å². The van der Waals surface area contributed by atoms with Gasteiger partial charge in [0, 0.05) is 46.6 Å². The molecule has 0 saturated carbocycles. The van der Waals surface area contributed by atoms with Gasteiger partial charge >= 0.3 is 0 Å². The van der Waals surface area contributed by atoms with Gasteiger partial charge in [-0.1, -0.05) is 6.07 Å². The lowest BCUT2D eigenvalue weighted by molar-refractivity contribution is 0.109. The normalized spacial score (nSPS) is 11.1. The van der Waals surface area contributed by atoms with Crippen LogP contribution in [0.5, 0.6) is 0 Å². The van der Waals surface area contributed by atoms with Crippen LogP contribution in [0.25, 0.3) is 0 Å². The first-order valence-electron chi connectivity index (χ1n) is 6.14. The number of hydrogen-bond donors (Lipinski definition) is 1. The molecule has 0 aromatic carbocycles. The molecule has 0 amide bonds. The number of rotatable bonds is 9. The fourth-order valence-electron chi connectivity index (χ4n) is 1.61. The highest BCUT2D eigenvalue weighted by Gasteiger charge is 2.06. The van der Waals surface area contributed by atoms with Crippen LogP contribution in [-0.2, 0) is 22.6 Å². The monoisotopic (exact) mass is 253 g/mol. The van der Waals surface area contributed by atoms with Gasteiger partial charge in [0.15, 0.2) is 0 Å². The van der Waals surface area contributed by atoms with Gasteiger partial charge in [0.05, 0.1) is 18.9 Å². The highest BCUT2D eigenvalue weighted by Crippen LogP contribution is 2.03. The summed E-state index contributed by atoms with van der Waals surface area (Å²) in [6.07, 6.45) is 1.83. The summed E-state index contributed by atoms with van der Waals surface area (Å²) < 4.78 is 10.2. The van der Waals surface area contributed by atoms with Crippen molar-refractivity contribution < 1.29 is 9.47 Å². The molecule has 0 saturated heterocycles. The average Bonchev–Trinajstić information content (AvgIpc) is 2.42. The summed E-state index contributed by atoms with van der Waals surface area (Å²) in [6, 6.07) is 4.04. The molecular weight excluding hydrogens is 230 g/mol. The molecule has 0 atom stereocenters. The second-order valence-corrected chi connectivity index (χ2v) is 4.12. The fraction of sp³-hybridized carbons (Fsp3) is 0.615. The number of nitrogens with two attached hydrogens (primary N) is 1. The number of hydrogen-bond acceptors (Lipinski definition) is 5.